The third kappa shape index (κ3) is 2.20. The van der Waals surface area contributed by atoms with Crippen molar-refractivity contribution in [2.24, 2.45) is 16.5 Å². The number of fused-ring (bicyclic) bond motifs is 1. The van der Waals surface area contributed by atoms with Gasteiger partial charge in [0.25, 0.3) is 0 Å². The predicted molar refractivity (Wildman–Crippen MR) is 73.3 cm³/mol. The molecule has 2 aliphatic rings. The van der Waals surface area contributed by atoms with Crippen molar-refractivity contribution in [3.05, 3.63) is 0 Å². The van der Waals surface area contributed by atoms with Crippen LogP contribution in [0.5, 0.6) is 0 Å². The molecule has 5 nitrogen and oxygen atoms in total. The summed E-state index contributed by atoms with van der Waals surface area (Å²) in [6.45, 7) is 6.12. The van der Waals surface area contributed by atoms with Crippen molar-refractivity contribution in [1.82, 2.24) is 0 Å². The Kier molecular flexibility index (Phi) is 3.49. The van der Waals surface area contributed by atoms with Gasteiger partial charge in [0.15, 0.2) is 0 Å². The lowest BCUT2D eigenvalue weighted by atomic mass is 9.76. The molecule has 6 heteroatoms. The lowest BCUT2D eigenvalue weighted by Gasteiger charge is -2.27. The minimum absolute atomic E-state index is 0.0445. The summed E-state index contributed by atoms with van der Waals surface area (Å²) in [4.78, 5) is 17.7. The molecule has 0 aromatic carbocycles. The Labute approximate surface area is 116 Å². The Morgan fingerprint density at radius 1 is 1.53 bits per heavy atom. The number of carbonyl (C=O) groups excluding carboxylic acids is 1. The molecule has 1 saturated carbocycles. The smallest absolute Gasteiger partial charge is 0.353 e. The Bertz CT molecular complexity index is 454. The fraction of sp³-hybridized carbons (Fsp3) is 0.846. The van der Waals surface area contributed by atoms with Crippen molar-refractivity contribution >= 4 is 22.5 Å². The zero-order chi connectivity index (χ0) is 14.4. The van der Waals surface area contributed by atoms with Crippen LogP contribution in [0.2, 0.25) is 0 Å². The van der Waals surface area contributed by atoms with Gasteiger partial charge < -0.3 is 9.57 Å². The van der Waals surface area contributed by atoms with Crippen LogP contribution in [0.25, 0.3) is 0 Å². The Balaban J connectivity index is 2.37. The van der Waals surface area contributed by atoms with Gasteiger partial charge in [0.2, 0.25) is 5.60 Å². The topological polar surface area (TPSA) is 65.0 Å². The molecule has 0 amide bonds. The van der Waals surface area contributed by atoms with Gasteiger partial charge in [0, 0.05) is 34.1 Å². The van der Waals surface area contributed by atoms with Crippen molar-refractivity contribution < 1.29 is 18.6 Å². The van der Waals surface area contributed by atoms with E-state index in [4.69, 9.17) is 9.57 Å². The summed E-state index contributed by atoms with van der Waals surface area (Å²) in [6, 6.07) is 0. The second kappa shape index (κ2) is 4.58. The van der Waals surface area contributed by atoms with E-state index in [0.29, 0.717) is 12.8 Å². The van der Waals surface area contributed by atoms with Crippen LogP contribution in [-0.4, -0.2) is 40.1 Å². The third-order valence-corrected chi connectivity index (χ3v) is 5.30. The maximum absolute atomic E-state index is 12.1. The molecule has 1 fully saturated rings. The van der Waals surface area contributed by atoms with E-state index in [9.17, 15) is 9.00 Å². The first-order chi connectivity index (χ1) is 8.72. The predicted octanol–water partition coefficient (Wildman–Crippen LogP) is 1.49. The largest absolute Gasteiger partial charge is 0.466 e. The summed E-state index contributed by atoms with van der Waals surface area (Å²) in [5.41, 5.74) is -0.371. The SMILES string of the molecule is COC(=O)C12CC(S(C)=O)CC1C(C(C)(C)C)=NO2. The van der Waals surface area contributed by atoms with Gasteiger partial charge in [-0.3, -0.25) is 4.21 Å². The minimum atomic E-state index is -1.06. The highest BCUT2D eigenvalue weighted by Gasteiger charge is 2.63. The fourth-order valence-electron chi connectivity index (χ4n) is 2.99. The van der Waals surface area contributed by atoms with E-state index in [-0.39, 0.29) is 16.6 Å². The number of hydrogen-bond acceptors (Lipinski definition) is 5. The van der Waals surface area contributed by atoms with E-state index < -0.39 is 22.4 Å². The molecule has 2 rings (SSSR count). The van der Waals surface area contributed by atoms with E-state index in [1.165, 1.54) is 7.11 Å². The van der Waals surface area contributed by atoms with Crippen LogP contribution < -0.4 is 0 Å². The number of ether oxygens (including phenoxy) is 1. The quantitative estimate of drug-likeness (QED) is 0.722. The number of methoxy groups -OCH3 is 1. The molecule has 1 aliphatic heterocycles. The summed E-state index contributed by atoms with van der Waals surface area (Å²) < 4.78 is 16.6. The van der Waals surface area contributed by atoms with Crippen LogP contribution in [0, 0.1) is 11.3 Å². The van der Waals surface area contributed by atoms with Gasteiger partial charge in [-0.15, -0.1) is 0 Å². The van der Waals surface area contributed by atoms with Crippen molar-refractivity contribution in [3.8, 4) is 0 Å². The zero-order valence-corrected chi connectivity index (χ0v) is 12.9. The number of rotatable bonds is 2. The van der Waals surface area contributed by atoms with E-state index in [2.05, 4.69) is 5.16 Å². The van der Waals surface area contributed by atoms with E-state index in [1.807, 2.05) is 20.8 Å². The normalized spacial score (nSPS) is 35.3. The van der Waals surface area contributed by atoms with Gasteiger partial charge in [-0.2, -0.15) is 0 Å². The molecule has 0 aromatic heterocycles. The van der Waals surface area contributed by atoms with Gasteiger partial charge in [0.05, 0.1) is 18.7 Å². The van der Waals surface area contributed by atoms with Crippen molar-refractivity contribution in [2.45, 2.75) is 44.5 Å². The molecular formula is C13H21NO4S. The highest BCUT2D eigenvalue weighted by Crippen LogP contribution is 2.49. The number of esters is 1. The minimum Gasteiger partial charge on any atom is -0.466 e. The second-order valence-corrected chi connectivity index (χ2v) is 7.98. The number of nitrogens with zero attached hydrogens (tertiary/aromatic N) is 1. The maximum Gasteiger partial charge on any atom is 0.353 e. The molecule has 4 unspecified atom stereocenters. The van der Waals surface area contributed by atoms with Crippen LogP contribution in [0.4, 0.5) is 0 Å². The van der Waals surface area contributed by atoms with Gasteiger partial charge in [-0.25, -0.2) is 4.79 Å². The summed E-state index contributed by atoms with van der Waals surface area (Å²) in [7, 11) is 0.371. The molecule has 0 radical (unpaired) electrons. The van der Waals surface area contributed by atoms with E-state index in [1.54, 1.807) is 6.26 Å². The summed E-state index contributed by atoms with van der Waals surface area (Å²) in [6.07, 6.45) is 2.75. The maximum atomic E-state index is 12.1. The van der Waals surface area contributed by atoms with Gasteiger partial charge >= 0.3 is 5.97 Å². The van der Waals surface area contributed by atoms with Crippen molar-refractivity contribution in [1.29, 1.82) is 0 Å². The lowest BCUT2D eigenvalue weighted by Crippen LogP contribution is -2.45. The number of carbonyl (C=O) groups is 1. The van der Waals surface area contributed by atoms with E-state index in [0.717, 1.165) is 5.71 Å². The van der Waals surface area contributed by atoms with Crippen molar-refractivity contribution in [3.63, 3.8) is 0 Å². The Morgan fingerprint density at radius 3 is 2.63 bits per heavy atom. The zero-order valence-electron chi connectivity index (χ0n) is 12.1. The molecular weight excluding hydrogens is 266 g/mol. The van der Waals surface area contributed by atoms with Crippen molar-refractivity contribution in [2.75, 3.05) is 13.4 Å². The van der Waals surface area contributed by atoms with Gasteiger partial charge in [-0.1, -0.05) is 25.9 Å². The molecule has 1 aliphatic carbocycles. The lowest BCUT2D eigenvalue weighted by molar-refractivity contribution is -0.168. The Morgan fingerprint density at radius 2 is 2.16 bits per heavy atom. The average molecular weight is 287 g/mol. The molecule has 0 N–H and O–H groups in total. The fourth-order valence-corrected chi connectivity index (χ4v) is 3.94. The first-order valence-electron chi connectivity index (χ1n) is 6.39. The van der Waals surface area contributed by atoms with Crippen LogP contribution in [0.3, 0.4) is 0 Å². The first-order valence-corrected chi connectivity index (χ1v) is 8.01. The first kappa shape index (κ1) is 14.5. The molecule has 0 saturated heterocycles. The third-order valence-electron chi connectivity index (χ3n) is 4.00. The van der Waals surface area contributed by atoms with Gasteiger partial charge in [-0.05, 0) is 6.42 Å². The molecule has 0 bridgehead atoms. The molecule has 108 valence electrons. The van der Waals surface area contributed by atoms with Crippen LogP contribution in [0.15, 0.2) is 5.16 Å². The molecule has 1 heterocycles. The summed E-state index contributed by atoms with van der Waals surface area (Å²) in [5.74, 6) is -0.540. The average Bonchev–Trinajstić information content (AvgIpc) is 2.81. The van der Waals surface area contributed by atoms with Crippen LogP contribution >= 0.6 is 0 Å². The highest BCUT2D eigenvalue weighted by molar-refractivity contribution is 7.84. The molecule has 19 heavy (non-hydrogen) atoms. The molecule has 4 atom stereocenters. The second-order valence-electron chi connectivity index (χ2n) is 6.31. The Hall–Kier alpha value is -0.910. The monoisotopic (exact) mass is 287 g/mol. The van der Waals surface area contributed by atoms with E-state index >= 15 is 0 Å². The standard InChI is InChI=1S/C13H21NO4S/c1-12(2,3)10-9-6-8(19(5)16)7-13(9,18-14-10)11(15)17-4/h8-9H,6-7H2,1-5H3. The summed E-state index contributed by atoms with van der Waals surface area (Å²) >= 11 is 0. The molecule has 0 aromatic rings. The molecule has 0 spiro atoms. The van der Waals surface area contributed by atoms with Crippen LogP contribution in [-0.2, 0) is 25.2 Å². The highest BCUT2D eigenvalue weighted by atomic mass is 32.2. The van der Waals surface area contributed by atoms with Gasteiger partial charge in [0.1, 0.15) is 0 Å². The summed E-state index contributed by atoms with van der Waals surface area (Å²) in [5, 5.41) is 4.10. The number of oxime groups is 1. The van der Waals surface area contributed by atoms with Crippen LogP contribution in [0.1, 0.15) is 33.6 Å². The number of hydrogen-bond donors (Lipinski definition) is 0.